The molecule has 0 aliphatic carbocycles. The number of anilines is 1. The van der Waals surface area contributed by atoms with Crippen LogP contribution in [0.1, 0.15) is 11.1 Å². The predicted molar refractivity (Wildman–Crippen MR) is 112 cm³/mol. The lowest BCUT2D eigenvalue weighted by atomic mass is 10.2. The molecule has 0 aliphatic heterocycles. The van der Waals surface area contributed by atoms with Crippen molar-refractivity contribution in [2.75, 3.05) is 5.43 Å². The minimum absolute atomic E-state index is 0.0867. The summed E-state index contributed by atoms with van der Waals surface area (Å²) in [6.07, 6.45) is 2.71. The monoisotopic (exact) mass is 460 g/mol. The van der Waals surface area contributed by atoms with E-state index in [9.17, 15) is 10.1 Å². The van der Waals surface area contributed by atoms with Crippen LogP contribution in [0.5, 0.6) is 5.75 Å². The Balaban J connectivity index is 1.64. The van der Waals surface area contributed by atoms with Crippen LogP contribution < -0.4 is 10.2 Å². The highest BCUT2D eigenvalue weighted by Gasteiger charge is 2.09. The van der Waals surface area contributed by atoms with Gasteiger partial charge in [0.25, 0.3) is 5.69 Å². The number of nitrogens with one attached hydrogen (secondary N) is 1. The number of benzene rings is 2. The first-order chi connectivity index (χ1) is 13.5. The molecule has 0 unspecified atom stereocenters. The number of nitro groups is 1. The lowest BCUT2D eigenvalue weighted by Gasteiger charge is -2.11. The third-order valence-corrected chi connectivity index (χ3v) is 4.47. The van der Waals surface area contributed by atoms with Gasteiger partial charge in [0.2, 0.25) is 0 Å². The van der Waals surface area contributed by atoms with Crippen molar-refractivity contribution in [2.45, 2.75) is 6.61 Å². The molecule has 0 spiro atoms. The van der Waals surface area contributed by atoms with Gasteiger partial charge in [-0.2, -0.15) is 5.10 Å². The average molecular weight is 462 g/mol. The number of nitrogens with zero attached hydrogens (tertiary/aromatic N) is 3. The summed E-state index contributed by atoms with van der Waals surface area (Å²) in [6.45, 7) is 0.403. The van der Waals surface area contributed by atoms with E-state index in [-0.39, 0.29) is 5.69 Å². The quantitative estimate of drug-likeness (QED) is 0.288. The van der Waals surface area contributed by atoms with Crippen LogP contribution in [-0.4, -0.2) is 16.1 Å². The van der Waals surface area contributed by atoms with E-state index < -0.39 is 4.92 Å². The van der Waals surface area contributed by atoms with Crippen molar-refractivity contribution in [2.24, 2.45) is 5.10 Å². The average Bonchev–Trinajstić information content (AvgIpc) is 2.68. The second-order valence-corrected chi connectivity index (χ2v) is 6.88. The van der Waals surface area contributed by atoms with E-state index in [4.69, 9.17) is 16.3 Å². The molecule has 0 radical (unpaired) electrons. The molecule has 3 aromatic rings. The van der Waals surface area contributed by atoms with Crippen LogP contribution >= 0.6 is 27.5 Å². The highest BCUT2D eigenvalue weighted by Crippen LogP contribution is 2.34. The number of rotatable bonds is 7. The Bertz CT molecular complexity index is 975. The van der Waals surface area contributed by atoms with Crippen LogP contribution in [0, 0.1) is 10.1 Å². The second kappa shape index (κ2) is 9.29. The van der Waals surface area contributed by atoms with Gasteiger partial charge in [0.15, 0.2) is 5.75 Å². The summed E-state index contributed by atoms with van der Waals surface area (Å²) in [5.74, 6) is 0.933. The number of hydrogen-bond donors (Lipinski definition) is 1. The summed E-state index contributed by atoms with van der Waals surface area (Å²) in [4.78, 5) is 14.0. The van der Waals surface area contributed by atoms with Gasteiger partial charge in [0.05, 0.1) is 20.6 Å². The summed E-state index contributed by atoms with van der Waals surface area (Å²) >= 11 is 9.79. The molecule has 9 heteroatoms. The molecule has 1 aromatic heterocycles. The topological polar surface area (TPSA) is 89.7 Å². The van der Waals surface area contributed by atoms with Crippen LogP contribution in [0.25, 0.3) is 0 Å². The number of ether oxygens (including phenoxy) is 1. The SMILES string of the molecule is O=[N+]([O-])c1ccc(N/N=C\c2cc(Cl)c(OCc3ccccc3)c(Br)c2)nc1. The normalized spacial score (nSPS) is 10.8. The van der Waals surface area contributed by atoms with Gasteiger partial charge >= 0.3 is 0 Å². The van der Waals surface area contributed by atoms with Crippen LogP contribution in [0.4, 0.5) is 11.5 Å². The maximum Gasteiger partial charge on any atom is 0.287 e. The predicted octanol–water partition coefficient (Wildman–Crippen LogP) is 5.43. The fourth-order valence-electron chi connectivity index (χ4n) is 2.25. The Hall–Kier alpha value is -2.97. The first-order valence-corrected chi connectivity index (χ1v) is 9.25. The molecule has 0 saturated carbocycles. The summed E-state index contributed by atoms with van der Waals surface area (Å²) in [6, 6.07) is 16.1. The van der Waals surface area contributed by atoms with Crippen LogP contribution in [0.3, 0.4) is 0 Å². The van der Waals surface area contributed by atoms with Gasteiger partial charge in [-0.25, -0.2) is 4.98 Å². The highest BCUT2D eigenvalue weighted by molar-refractivity contribution is 9.10. The molecular formula is C19H14BrClN4O3. The zero-order valence-electron chi connectivity index (χ0n) is 14.4. The van der Waals surface area contributed by atoms with E-state index in [1.807, 2.05) is 36.4 Å². The van der Waals surface area contributed by atoms with Crippen molar-refractivity contribution in [1.29, 1.82) is 0 Å². The first kappa shape index (κ1) is 19.8. The number of hydrogen-bond acceptors (Lipinski definition) is 6. The lowest BCUT2D eigenvalue weighted by Crippen LogP contribution is -1.98. The smallest absolute Gasteiger partial charge is 0.287 e. The van der Waals surface area contributed by atoms with Crippen molar-refractivity contribution in [3.8, 4) is 5.75 Å². The van der Waals surface area contributed by atoms with E-state index >= 15 is 0 Å². The summed E-state index contributed by atoms with van der Waals surface area (Å²) in [5.41, 5.74) is 4.39. The number of pyridine rings is 1. The Morgan fingerprint density at radius 2 is 2.04 bits per heavy atom. The van der Waals surface area contributed by atoms with Crippen molar-refractivity contribution in [1.82, 2.24) is 4.98 Å². The number of halogens is 2. The molecule has 28 heavy (non-hydrogen) atoms. The maximum atomic E-state index is 10.6. The Morgan fingerprint density at radius 3 is 2.68 bits per heavy atom. The van der Waals surface area contributed by atoms with E-state index in [0.717, 1.165) is 17.3 Å². The molecule has 1 heterocycles. The van der Waals surface area contributed by atoms with Crippen LogP contribution in [0.15, 0.2) is 70.4 Å². The molecule has 1 N–H and O–H groups in total. The molecule has 7 nitrogen and oxygen atoms in total. The van der Waals surface area contributed by atoms with Crippen molar-refractivity contribution in [3.63, 3.8) is 0 Å². The van der Waals surface area contributed by atoms with Gasteiger partial charge in [-0.1, -0.05) is 41.9 Å². The second-order valence-electron chi connectivity index (χ2n) is 5.62. The molecule has 0 aliphatic rings. The minimum atomic E-state index is -0.513. The molecule has 0 atom stereocenters. The molecule has 142 valence electrons. The molecule has 0 amide bonds. The molecular weight excluding hydrogens is 448 g/mol. The third-order valence-electron chi connectivity index (χ3n) is 3.60. The molecule has 0 fully saturated rings. The van der Waals surface area contributed by atoms with Gasteiger partial charge in [0, 0.05) is 6.07 Å². The first-order valence-electron chi connectivity index (χ1n) is 8.08. The van der Waals surface area contributed by atoms with Gasteiger partial charge < -0.3 is 4.74 Å². The third kappa shape index (κ3) is 5.28. The zero-order valence-corrected chi connectivity index (χ0v) is 16.7. The lowest BCUT2D eigenvalue weighted by molar-refractivity contribution is -0.385. The van der Waals surface area contributed by atoms with Crippen LogP contribution in [-0.2, 0) is 6.61 Å². The van der Waals surface area contributed by atoms with Gasteiger partial charge in [-0.3, -0.25) is 15.5 Å². The minimum Gasteiger partial charge on any atom is -0.486 e. The molecule has 0 bridgehead atoms. The van der Waals surface area contributed by atoms with Gasteiger partial charge in [-0.15, -0.1) is 0 Å². The van der Waals surface area contributed by atoms with Crippen molar-refractivity contribution in [3.05, 3.63) is 91.5 Å². The molecule has 3 rings (SSSR count). The maximum absolute atomic E-state index is 10.6. The Labute approximate surface area is 174 Å². The number of hydrazone groups is 1. The van der Waals surface area contributed by atoms with E-state index in [1.54, 1.807) is 12.3 Å². The summed E-state index contributed by atoms with van der Waals surface area (Å²) in [7, 11) is 0. The summed E-state index contributed by atoms with van der Waals surface area (Å²) < 4.78 is 6.51. The van der Waals surface area contributed by atoms with E-state index in [0.29, 0.717) is 27.7 Å². The number of aromatic nitrogens is 1. The summed E-state index contributed by atoms with van der Waals surface area (Å²) in [5, 5.41) is 15.1. The van der Waals surface area contributed by atoms with Crippen molar-refractivity contribution >= 4 is 45.3 Å². The Morgan fingerprint density at radius 1 is 1.25 bits per heavy atom. The van der Waals surface area contributed by atoms with Gasteiger partial charge in [0.1, 0.15) is 18.6 Å². The van der Waals surface area contributed by atoms with Gasteiger partial charge in [-0.05, 0) is 45.3 Å². The molecule has 2 aromatic carbocycles. The largest absolute Gasteiger partial charge is 0.486 e. The fraction of sp³-hybridized carbons (Fsp3) is 0.0526. The van der Waals surface area contributed by atoms with Crippen molar-refractivity contribution < 1.29 is 9.66 Å². The Kier molecular flexibility index (Phi) is 6.57. The van der Waals surface area contributed by atoms with E-state index in [1.165, 1.54) is 12.1 Å². The van der Waals surface area contributed by atoms with E-state index in [2.05, 4.69) is 31.4 Å². The highest BCUT2D eigenvalue weighted by atomic mass is 79.9. The molecule has 0 saturated heterocycles. The standard InChI is InChI=1S/C19H14BrClN4O3/c20-16-8-14(10-23-24-18-7-6-15(11-22-18)25(26)27)9-17(21)19(16)28-12-13-4-2-1-3-5-13/h1-11H,12H2,(H,22,24)/b23-10-. The zero-order chi connectivity index (χ0) is 19.9. The fourth-order valence-corrected chi connectivity index (χ4v) is 3.24. The van der Waals surface area contributed by atoms with Crippen LogP contribution in [0.2, 0.25) is 5.02 Å².